The Hall–Kier alpha value is -0.740. The number of nitrogens with two attached hydrogens (primary N) is 1. The first kappa shape index (κ1) is 11.3. The summed E-state index contributed by atoms with van der Waals surface area (Å²) >= 11 is 5.63. The molecule has 0 aliphatic carbocycles. The Morgan fingerprint density at radius 2 is 1.71 bits per heavy atom. The number of hydrogen-bond donors (Lipinski definition) is 1. The van der Waals surface area contributed by atoms with Gasteiger partial charge in [0.1, 0.15) is 5.54 Å². The average Bonchev–Trinajstić information content (AvgIpc) is 2.02. The molecule has 0 fully saturated rings. The molecule has 0 aliphatic rings. The summed E-state index contributed by atoms with van der Waals surface area (Å²) in [4.78, 5) is 0. The summed E-state index contributed by atoms with van der Waals surface area (Å²) < 4.78 is 37.5. The highest BCUT2D eigenvalue weighted by molar-refractivity contribution is 6.31. The van der Waals surface area contributed by atoms with Crippen molar-refractivity contribution in [2.24, 2.45) is 5.73 Å². The molecule has 1 nitrogen and oxygen atoms in total. The van der Waals surface area contributed by atoms with E-state index in [0.717, 1.165) is 6.92 Å². The predicted octanol–water partition coefficient (Wildman–Crippen LogP) is 3.08. The van der Waals surface area contributed by atoms with Gasteiger partial charge in [0.05, 0.1) is 0 Å². The van der Waals surface area contributed by atoms with Crippen molar-refractivity contribution < 1.29 is 13.2 Å². The van der Waals surface area contributed by atoms with Crippen molar-refractivity contribution in [2.75, 3.05) is 0 Å². The van der Waals surface area contributed by atoms with E-state index < -0.39 is 11.7 Å². The zero-order chi connectivity index (χ0) is 11.0. The van der Waals surface area contributed by atoms with E-state index in [1.54, 1.807) is 6.07 Å². The molecule has 0 unspecified atom stereocenters. The van der Waals surface area contributed by atoms with E-state index in [0.29, 0.717) is 0 Å². The summed E-state index contributed by atoms with van der Waals surface area (Å²) in [5, 5.41) is 0.0230. The number of rotatable bonds is 1. The Morgan fingerprint density at radius 3 is 2.14 bits per heavy atom. The largest absolute Gasteiger partial charge is 0.410 e. The quantitative estimate of drug-likeness (QED) is 0.778. The van der Waals surface area contributed by atoms with E-state index >= 15 is 0 Å². The van der Waals surface area contributed by atoms with Crippen molar-refractivity contribution in [3.05, 3.63) is 34.9 Å². The van der Waals surface area contributed by atoms with Crippen LogP contribution in [0.5, 0.6) is 0 Å². The fourth-order valence-electron chi connectivity index (χ4n) is 1.04. The van der Waals surface area contributed by atoms with E-state index in [9.17, 15) is 13.2 Å². The summed E-state index contributed by atoms with van der Waals surface area (Å²) in [5.74, 6) is 0. The van der Waals surface area contributed by atoms with Gasteiger partial charge < -0.3 is 5.73 Å². The van der Waals surface area contributed by atoms with Crippen LogP contribution in [0.3, 0.4) is 0 Å². The normalized spacial score (nSPS) is 16.4. The lowest BCUT2D eigenvalue weighted by Gasteiger charge is -2.28. The fraction of sp³-hybridized carbons (Fsp3) is 0.333. The van der Waals surface area contributed by atoms with Gasteiger partial charge in [-0.15, -0.1) is 0 Å². The molecule has 78 valence electrons. The molecule has 0 spiro atoms. The second-order valence-electron chi connectivity index (χ2n) is 3.18. The maximum absolute atomic E-state index is 12.5. The van der Waals surface area contributed by atoms with Crippen molar-refractivity contribution in [2.45, 2.75) is 18.6 Å². The molecule has 1 aromatic rings. The molecule has 0 heterocycles. The van der Waals surface area contributed by atoms with Gasteiger partial charge in [-0.3, -0.25) is 0 Å². The molecule has 0 saturated heterocycles. The zero-order valence-electron chi connectivity index (χ0n) is 7.40. The Labute approximate surface area is 84.7 Å². The summed E-state index contributed by atoms with van der Waals surface area (Å²) in [6.07, 6.45) is -4.52. The SMILES string of the molecule is C[C@@](N)(c1ccccc1Cl)C(F)(F)F. The van der Waals surface area contributed by atoms with Gasteiger partial charge in [-0.25, -0.2) is 0 Å². The van der Waals surface area contributed by atoms with E-state index in [-0.39, 0.29) is 10.6 Å². The van der Waals surface area contributed by atoms with Crippen molar-refractivity contribution in [1.29, 1.82) is 0 Å². The maximum atomic E-state index is 12.5. The lowest BCUT2D eigenvalue weighted by Crippen LogP contribution is -2.47. The fourth-order valence-corrected chi connectivity index (χ4v) is 1.37. The zero-order valence-corrected chi connectivity index (χ0v) is 8.15. The minimum Gasteiger partial charge on any atom is -0.314 e. The smallest absolute Gasteiger partial charge is 0.314 e. The van der Waals surface area contributed by atoms with Crippen LogP contribution in [-0.4, -0.2) is 6.18 Å². The van der Waals surface area contributed by atoms with Crippen LogP contribution in [0.25, 0.3) is 0 Å². The van der Waals surface area contributed by atoms with Crippen LogP contribution in [0.4, 0.5) is 13.2 Å². The van der Waals surface area contributed by atoms with E-state index in [4.69, 9.17) is 17.3 Å². The Kier molecular flexibility index (Phi) is 2.78. The number of alkyl halides is 3. The van der Waals surface area contributed by atoms with Crippen LogP contribution < -0.4 is 5.73 Å². The second kappa shape index (κ2) is 3.44. The third kappa shape index (κ3) is 1.86. The molecule has 0 radical (unpaired) electrons. The molecule has 0 saturated carbocycles. The first-order chi connectivity index (χ1) is 6.27. The molecule has 14 heavy (non-hydrogen) atoms. The number of hydrogen-bond acceptors (Lipinski definition) is 1. The second-order valence-corrected chi connectivity index (χ2v) is 3.59. The molecule has 0 aromatic heterocycles. The van der Waals surface area contributed by atoms with Gasteiger partial charge >= 0.3 is 6.18 Å². The standard InChI is InChI=1S/C9H9ClF3N/c1-8(14,9(11,12)13)6-4-2-3-5-7(6)10/h2-5H,14H2,1H3/t8-/m1/s1. The highest BCUT2D eigenvalue weighted by atomic mass is 35.5. The molecular formula is C9H9ClF3N. The summed E-state index contributed by atoms with van der Waals surface area (Å²) in [5.41, 5.74) is 2.68. The lowest BCUT2D eigenvalue weighted by atomic mass is 9.92. The van der Waals surface area contributed by atoms with Crippen molar-refractivity contribution >= 4 is 11.6 Å². The predicted molar refractivity (Wildman–Crippen MR) is 49.0 cm³/mol. The van der Waals surface area contributed by atoms with Crippen LogP contribution in [0, 0.1) is 0 Å². The number of benzene rings is 1. The van der Waals surface area contributed by atoms with Gasteiger partial charge in [-0.1, -0.05) is 29.8 Å². The van der Waals surface area contributed by atoms with Crippen molar-refractivity contribution in [3.8, 4) is 0 Å². The first-order valence-electron chi connectivity index (χ1n) is 3.87. The molecule has 1 rings (SSSR count). The van der Waals surface area contributed by atoms with Crippen LogP contribution in [0.1, 0.15) is 12.5 Å². The Bertz CT molecular complexity index is 333. The van der Waals surface area contributed by atoms with E-state index in [1.807, 2.05) is 0 Å². The summed E-state index contributed by atoms with van der Waals surface area (Å²) in [6.45, 7) is 0.897. The lowest BCUT2D eigenvalue weighted by molar-refractivity contribution is -0.184. The molecule has 1 atom stereocenters. The van der Waals surface area contributed by atoms with Gasteiger partial charge in [-0.2, -0.15) is 13.2 Å². The van der Waals surface area contributed by atoms with Crippen LogP contribution in [0.2, 0.25) is 5.02 Å². The minimum absolute atomic E-state index is 0.0230. The molecular weight excluding hydrogens is 215 g/mol. The maximum Gasteiger partial charge on any atom is 0.410 e. The summed E-state index contributed by atoms with van der Waals surface area (Å²) in [6, 6.07) is 5.68. The van der Waals surface area contributed by atoms with Gasteiger partial charge in [0.15, 0.2) is 0 Å². The van der Waals surface area contributed by atoms with Crippen molar-refractivity contribution in [3.63, 3.8) is 0 Å². The van der Waals surface area contributed by atoms with Gasteiger partial charge in [-0.05, 0) is 18.6 Å². The number of halogens is 4. The van der Waals surface area contributed by atoms with E-state index in [2.05, 4.69) is 0 Å². The molecule has 0 bridgehead atoms. The molecule has 0 aliphatic heterocycles. The average molecular weight is 224 g/mol. The first-order valence-corrected chi connectivity index (χ1v) is 4.25. The Morgan fingerprint density at radius 1 is 1.21 bits per heavy atom. The third-order valence-corrected chi connectivity index (χ3v) is 2.35. The van der Waals surface area contributed by atoms with Crippen LogP contribution in [-0.2, 0) is 5.54 Å². The van der Waals surface area contributed by atoms with Gasteiger partial charge in [0.25, 0.3) is 0 Å². The van der Waals surface area contributed by atoms with E-state index in [1.165, 1.54) is 18.2 Å². The molecule has 5 heteroatoms. The molecule has 1 aromatic carbocycles. The molecule has 0 amide bonds. The topological polar surface area (TPSA) is 26.0 Å². The Balaban J connectivity index is 3.23. The minimum atomic E-state index is -4.52. The van der Waals surface area contributed by atoms with Gasteiger partial charge in [0.2, 0.25) is 0 Å². The van der Waals surface area contributed by atoms with Crippen LogP contribution in [0.15, 0.2) is 24.3 Å². The van der Waals surface area contributed by atoms with Crippen molar-refractivity contribution in [1.82, 2.24) is 0 Å². The monoisotopic (exact) mass is 223 g/mol. The highest BCUT2D eigenvalue weighted by Gasteiger charge is 2.50. The highest BCUT2D eigenvalue weighted by Crippen LogP contribution is 2.38. The van der Waals surface area contributed by atoms with Crippen LogP contribution >= 0.6 is 11.6 Å². The molecule has 2 N–H and O–H groups in total. The third-order valence-electron chi connectivity index (χ3n) is 2.02. The van der Waals surface area contributed by atoms with Gasteiger partial charge in [0, 0.05) is 5.02 Å². The summed E-state index contributed by atoms with van der Waals surface area (Å²) in [7, 11) is 0.